The zero-order chi connectivity index (χ0) is 19.4. The number of rotatable bonds is 14. The molecule has 0 saturated heterocycles. The van der Waals surface area contributed by atoms with Gasteiger partial charge in [-0.1, -0.05) is 31.5 Å². The number of ether oxygens (including phenoxy) is 3. The van der Waals surface area contributed by atoms with Crippen molar-refractivity contribution in [2.45, 2.75) is 71.8 Å². The van der Waals surface area contributed by atoms with Crippen LogP contribution in [0.1, 0.15) is 46.1 Å². The molecule has 0 heterocycles. The quantitative estimate of drug-likeness (QED) is 0.528. The Morgan fingerprint density at radius 2 is 1.65 bits per heavy atom. The number of aryl methyl sites for hydroxylation is 1. The second kappa shape index (κ2) is 13.1. The van der Waals surface area contributed by atoms with Gasteiger partial charge in [0.15, 0.2) is 0 Å². The topological polar surface area (TPSA) is 60.0 Å². The molecule has 1 aromatic rings. The highest BCUT2D eigenvalue weighted by Crippen LogP contribution is 2.12. The maximum Gasteiger partial charge on any atom is 0.119 e. The predicted molar refractivity (Wildman–Crippen MR) is 106 cm³/mol. The summed E-state index contributed by atoms with van der Waals surface area (Å²) in [4.78, 5) is 0. The van der Waals surface area contributed by atoms with Crippen molar-refractivity contribution in [1.82, 2.24) is 5.32 Å². The smallest absolute Gasteiger partial charge is 0.119 e. The van der Waals surface area contributed by atoms with Gasteiger partial charge in [0.05, 0.1) is 31.5 Å². The monoisotopic (exact) mass is 367 g/mol. The van der Waals surface area contributed by atoms with Crippen molar-refractivity contribution in [3.8, 4) is 5.75 Å². The van der Waals surface area contributed by atoms with Gasteiger partial charge in [-0.25, -0.2) is 0 Å². The highest BCUT2D eigenvalue weighted by molar-refractivity contribution is 5.26. The maximum absolute atomic E-state index is 9.59. The molecular formula is C21H37NO4. The van der Waals surface area contributed by atoms with E-state index >= 15 is 0 Å². The van der Waals surface area contributed by atoms with Crippen molar-refractivity contribution in [3.05, 3.63) is 29.8 Å². The molecule has 5 nitrogen and oxygen atoms in total. The molecule has 0 aliphatic rings. The van der Waals surface area contributed by atoms with Gasteiger partial charge < -0.3 is 24.6 Å². The van der Waals surface area contributed by atoms with Crippen LogP contribution >= 0.6 is 0 Å². The molecule has 0 spiro atoms. The zero-order valence-corrected chi connectivity index (χ0v) is 17.0. The number of hydrogen-bond acceptors (Lipinski definition) is 5. The standard InChI is InChI=1S/C21H37NO4/c1-6-19(23)12-22-17(4)13-25-20(7-2)15-24-18(5)14-26-21-10-8-16(3)9-11-21/h8-11,17-20,22-23H,6-7,12-15H2,1-5H3. The molecule has 0 bridgehead atoms. The van der Waals surface area contributed by atoms with Crippen LogP contribution < -0.4 is 10.1 Å². The van der Waals surface area contributed by atoms with E-state index < -0.39 is 0 Å². The number of nitrogens with one attached hydrogen (secondary N) is 1. The minimum Gasteiger partial charge on any atom is -0.491 e. The summed E-state index contributed by atoms with van der Waals surface area (Å²) in [5, 5.41) is 12.9. The fourth-order valence-electron chi connectivity index (χ4n) is 2.27. The molecule has 5 heteroatoms. The van der Waals surface area contributed by atoms with E-state index in [1.807, 2.05) is 38.1 Å². The van der Waals surface area contributed by atoms with Crippen molar-refractivity contribution >= 4 is 0 Å². The fourth-order valence-corrected chi connectivity index (χ4v) is 2.27. The van der Waals surface area contributed by atoms with Gasteiger partial charge in [0.2, 0.25) is 0 Å². The van der Waals surface area contributed by atoms with Crippen LogP contribution in [0.25, 0.3) is 0 Å². The molecule has 0 aliphatic heterocycles. The summed E-state index contributed by atoms with van der Waals surface area (Å²) in [7, 11) is 0. The Bertz CT molecular complexity index is 466. The van der Waals surface area contributed by atoms with Gasteiger partial charge in [-0.05, 0) is 45.7 Å². The normalized spacial score (nSPS) is 16.1. The van der Waals surface area contributed by atoms with Crippen LogP contribution in [0.2, 0.25) is 0 Å². The molecule has 0 saturated carbocycles. The van der Waals surface area contributed by atoms with Gasteiger partial charge in [0.25, 0.3) is 0 Å². The van der Waals surface area contributed by atoms with Crippen molar-refractivity contribution in [2.24, 2.45) is 0 Å². The van der Waals surface area contributed by atoms with Crippen LogP contribution in [0.5, 0.6) is 5.75 Å². The SMILES string of the molecule is CCC(O)CNC(C)COC(CC)COC(C)COc1ccc(C)cc1. The third kappa shape index (κ3) is 10.1. The van der Waals surface area contributed by atoms with Gasteiger partial charge in [-0.15, -0.1) is 0 Å². The lowest BCUT2D eigenvalue weighted by Gasteiger charge is -2.22. The molecule has 1 rings (SSSR count). The number of benzene rings is 1. The molecule has 0 fully saturated rings. The molecule has 150 valence electrons. The summed E-state index contributed by atoms with van der Waals surface area (Å²) in [6.45, 7) is 12.5. The first kappa shape index (κ1) is 22.9. The molecule has 4 unspecified atom stereocenters. The van der Waals surface area contributed by atoms with Gasteiger partial charge in [-0.2, -0.15) is 0 Å². The van der Waals surface area contributed by atoms with E-state index in [9.17, 15) is 5.11 Å². The van der Waals surface area contributed by atoms with Crippen LogP contribution in [0.3, 0.4) is 0 Å². The van der Waals surface area contributed by atoms with E-state index in [1.165, 1.54) is 5.56 Å². The van der Waals surface area contributed by atoms with Crippen molar-refractivity contribution in [3.63, 3.8) is 0 Å². The van der Waals surface area contributed by atoms with E-state index in [1.54, 1.807) is 0 Å². The van der Waals surface area contributed by atoms with Crippen molar-refractivity contribution < 1.29 is 19.3 Å². The Labute approximate surface area is 159 Å². The minimum atomic E-state index is -0.294. The third-order valence-corrected chi connectivity index (χ3v) is 4.28. The first-order valence-electron chi connectivity index (χ1n) is 9.78. The zero-order valence-electron chi connectivity index (χ0n) is 17.0. The molecule has 2 N–H and O–H groups in total. The van der Waals surface area contributed by atoms with E-state index in [0.29, 0.717) is 26.4 Å². The van der Waals surface area contributed by atoms with Gasteiger partial charge in [0.1, 0.15) is 12.4 Å². The average Bonchev–Trinajstić information content (AvgIpc) is 2.65. The lowest BCUT2D eigenvalue weighted by molar-refractivity contribution is -0.0546. The Hall–Kier alpha value is -1.14. The lowest BCUT2D eigenvalue weighted by Crippen LogP contribution is -2.38. The molecule has 0 aromatic heterocycles. The Morgan fingerprint density at radius 1 is 0.962 bits per heavy atom. The van der Waals surface area contributed by atoms with Crippen molar-refractivity contribution in [1.29, 1.82) is 0 Å². The number of aliphatic hydroxyl groups is 1. The van der Waals surface area contributed by atoms with Gasteiger partial charge in [-0.3, -0.25) is 0 Å². The molecule has 0 radical (unpaired) electrons. The summed E-state index contributed by atoms with van der Waals surface area (Å²) in [6, 6.07) is 8.23. The molecule has 1 aromatic carbocycles. The highest BCUT2D eigenvalue weighted by Gasteiger charge is 2.13. The van der Waals surface area contributed by atoms with Crippen molar-refractivity contribution in [2.75, 3.05) is 26.4 Å². The van der Waals surface area contributed by atoms with E-state index in [2.05, 4.69) is 26.1 Å². The third-order valence-electron chi connectivity index (χ3n) is 4.28. The Balaban J connectivity index is 2.20. The largest absolute Gasteiger partial charge is 0.491 e. The van der Waals surface area contributed by atoms with Crippen LogP contribution in [0.4, 0.5) is 0 Å². The van der Waals surface area contributed by atoms with E-state index in [-0.39, 0.29) is 24.4 Å². The summed E-state index contributed by atoms with van der Waals surface area (Å²) >= 11 is 0. The first-order chi connectivity index (χ1) is 12.4. The molecule has 0 amide bonds. The molecule has 4 atom stereocenters. The van der Waals surface area contributed by atoms with Crippen LogP contribution in [-0.2, 0) is 9.47 Å². The predicted octanol–water partition coefficient (Wildman–Crippen LogP) is 3.32. The maximum atomic E-state index is 9.59. The van der Waals surface area contributed by atoms with Crippen LogP contribution in [-0.4, -0.2) is 55.8 Å². The average molecular weight is 368 g/mol. The second-order valence-corrected chi connectivity index (χ2v) is 7.00. The summed E-state index contributed by atoms with van der Waals surface area (Å²) in [5.41, 5.74) is 1.22. The summed E-state index contributed by atoms with van der Waals surface area (Å²) in [5.74, 6) is 0.864. The highest BCUT2D eigenvalue weighted by atomic mass is 16.6. The Morgan fingerprint density at radius 3 is 2.27 bits per heavy atom. The van der Waals surface area contributed by atoms with E-state index in [0.717, 1.165) is 18.6 Å². The van der Waals surface area contributed by atoms with E-state index in [4.69, 9.17) is 14.2 Å². The second-order valence-electron chi connectivity index (χ2n) is 7.00. The first-order valence-corrected chi connectivity index (χ1v) is 9.78. The summed E-state index contributed by atoms with van der Waals surface area (Å²) < 4.78 is 17.6. The van der Waals surface area contributed by atoms with Crippen LogP contribution in [0, 0.1) is 6.92 Å². The van der Waals surface area contributed by atoms with Gasteiger partial charge in [0, 0.05) is 12.6 Å². The minimum absolute atomic E-state index is 0.00389. The van der Waals surface area contributed by atoms with Crippen LogP contribution in [0.15, 0.2) is 24.3 Å². The molecular weight excluding hydrogens is 330 g/mol. The summed E-state index contributed by atoms with van der Waals surface area (Å²) in [6.07, 6.45) is 1.43. The number of hydrogen-bond donors (Lipinski definition) is 2. The lowest BCUT2D eigenvalue weighted by atomic mass is 10.2. The Kier molecular flexibility index (Phi) is 11.5. The fraction of sp³-hybridized carbons (Fsp3) is 0.714. The van der Waals surface area contributed by atoms with Gasteiger partial charge >= 0.3 is 0 Å². The number of aliphatic hydroxyl groups excluding tert-OH is 1. The molecule has 0 aliphatic carbocycles. The molecule has 26 heavy (non-hydrogen) atoms.